The van der Waals surface area contributed by atoms with Crippen LogP contribution in [0.3, 0.4) is 0 Å². The van der Waals surface area contributed by atoms with Crippen LogP contribution in [0.15, 0.2) is 47.1 Å². The Balaban J connectivity index is 1.77. The van der Waals surface area contributed by atoms with E-state index in [2.05, 4.69) is 15.6 Å². The molecule has 1 heterocycles. The van der Waals surface area contributed by atoms with Crippen molar-refractivity contribution >= 4 is 11.7 Å². The summed E-state index contributed by atoms with van der Waals surface area (Å²) in [6, 6.07) is 11.2. The Morgan fingerprint density at radius 2 is 1.75 bits per heavy atom. The molecule has 0 radical (unpaired) electrons. The van der Waals surface area contributed by atoms with Gasteiger partial charge >= 0.3 is 0 Å². The highest BCUT2D eigenvalue weighted by molar-refractivity contribution is 5.96. The summed E-state index contributed by atoms with van der Waals surface area (Å²) < 4.78 is 35.6. The van der Waals surface area contributed by atoms with Crippen LogP contribution in [0.5, 0.6) is 17.2 Å². The number of hydrogen-bond acceptors (Lipinski definition) is 7. The Morgan fingerprint density at radius 1 is 1.03 bits per heavy atom. The smallest absolute Gasteiger partial charge is 0.266 e. The fraction of sp³-hybridized carbons (Fsp3) is 0.348. The number of nitrogens with zero attached hydrogens (tertiary/aromatic N) is 2. The molecule has 1 atom stereocenters. The zero-order chi connectivity index (χ0) is 22.9. The third kappa shape index (κ3) is 5.75. The maximum atomic E-state index is 13.8. The van der Waals surface area contributed by atoms with Crippen molar-refractivity contribution in [1.29, 1.82) is 0 Å². The predicted molar refractivity (Wildman–Crippen MR) is 116 cm³/mol. The van der Waals surface area contributed by atoms with Gasteiger partial charge in [-0.05, 0) is 60.4 Å². The zero-order valence-corrected chi connectivity index (χ0v) is 18.3. The molecule has 1 aromatic heterocycles. The van der Waals surface area contributed by atoms with E-state index in [4.69, 9.17) is 18.8 Å². The van der Waals surface area contributed by atoms with Crippen molar-refractivity contribution in [2.75, 3.05) is 18.5 Å². The average Bonchev–Trinajstić information content (AvgIpc) is 3.26. The van der Waals surface area contributed by atoms with Crippen molar-refractivity contribution < 1.29 is 28.0 Å². The number of rotatable bonds is 11. The summed E-state index contributed by atoms with van der Waals surface area (Å²) in [4.78, 5) is 12.6. The van der Waals surface area contributed by atoms with Crippen LogP contribution < -0.4 is 19.5 Å². The quantitative estimate of drug-likeness (QED) is 0.452. The molecule has 0 aliphatic rings. The Kier molecular flexibility index (Phi) is 8.02. The molecule has 3 aromatic rings. The van der Waals surface area contributed by atoms with E-state index in [9.17, 15) is 9.18 Å². The van der Waals surface area contributed by atoms with E-state index in [1.807, 2.05) is 13.8 Å². The molecule has 0 saturated heterocycles. The maximum Gasteiger partial charge on any atom is 0.266 e. The van der Waals surface area contributed by atoms with Gasteiger partial charge in [-0.3, -0.25) is 4.79 Å². The normalized spacial score (nSPS) is 11.6. The Bertz CT molecular complexity index is 1040. The third-order valence-electron chi connectivity index (χ3n) is 4.38. The molecule has 1 amide bonds. The lowest BCUT2D eigenvalue weighted by atomic mass is 10.1. The summed E-state index contributed by atoms with van der Waals surface area (Å²) in [6.45, 7) is 6.63. The lowest BCUT2D eigenvalue weighted by molar-refractivity contribution is -0.122. The summed E-state index contributed by atoms with van der Waals surface area (Å²) in [7, 11) is 0. The highest BCUT2D eigenvalue weighted by Crippen LogP contribution is 2.34. The fourth-order valence-electron chi connectivity index (χ4n) is 2.77. The van der Waals surface area contributed by atoms with Crippen molar-refractivity contribution in [2.45, 2.75) is 39.7 Å². The summed E-state index contributed by atoms with van der Waals surface area (Å²) >= 11 is 0. The molecule has 1 N–H and O–H groups in total. The van der Waals surface area contributed by atoms with Gasteiger partial charge in [0.2, 0.25) is 5.82 Å². The van der Waals surface area contributed by atoms with E-state index in [1.54, 1.807) is 24.3 Å². The van der Waals surface area contributed by atoms with E-state index in [0.29, 0.717) is 36.0 Å². The minimum absolute atomic E-state index is 0.0194. The van der Waals surface area contributed by atoms with Gasteiger partial charge in [-0.25, -0.2) is 9.02 Å². The second-order valence-corrected chi connectivity index (χ2v) is 7.00. The lowest BCUT2D eigenvalue weighted by Crippen LogP contribution is -2.30. The Hall–Kier alpha value is -3.62. The van der Waals surface area contributed by atoms with Crippen LogP contribution >= 0.6 is 0 Å². The van der Waals surface area contributed by atoms with Gasteiger partial charge in [0.05, 0.1) is 13.2 Å². The Labute approximate surface area is 185 Å². The number of benzene rings is 2. The molecule has 0 bridgehead atoms. The molecule has 3 rings (SSSR count). The van der Waals surface area contributed by atoms with Gasteiger partial charge in [-0.1, -0.05) is 26.0 Å². The molecule has 9 heteroatoms. The van der Waals surface area contributed by atoms with Gasteiger partial charge in [0.1, 0.15) is 0 Å². The zero-order valence-electron chi connectivity index (χ0n) is 18.3. The van der Waals surface area contributed by atoms with Gasteiger partial charge < -0.3 is 19.5 Å². The third-order valence-corrected chi connectivity index (χ3v) is 4.38. The number of anilines is 1. The summed E-state index contributed by atoms with van der Waals surface area (Å²) in [5.74, 6) is 0.195. The van der Waals surface area contributed by atoms with Crippen LogP contribution in [0.4, 0.5) is 10.2 Å². The lowest BCUT2D eigenvalue weighted by Gasteiger charge is -2.15. The number of aromatic nitrogens is 2. The first-order chi connectivity index (χ1) is 15.5. The molecule has 0 fully saturated rings. The van der Waals surface area contributed by atoms with Crippen molar-refractivity contribution in [1.82, 2.24) is 10.3 Å². The van der Waals surface area contributed by atoms with Crippen LogP contribution in [-0.2, 0) is 4.79 Å². The van der Waals surface area contributed by atoms with Crippen molar-refractivity contribution in [3.8, 4) is 28.5 Å². The average molecular weight is 443 g/mol. The standard InChI is InChI=1S/C23H26FN3O5/c1-4-12-29-19-11-10-16(14-20(19)30-13-5-2)21-22(27-32-26-21)25-23(28)15(3)31-18-9-7-6-8-17(18)24/h6-11,14-15H,4-5,12-13H2,1-3H3,(H,25,27,28)/t15-/m0/s1. The summed E-state index contributed by atoms with van der Waals surface area (Å²) in [6.07, 6.45) is 0.722. The molecular formula is C23H26FN3O5. The van der Waals surface area contributed by atoms with Crippen molar-refractivity contribution in [3.63, 3.8) is 0 Å². The topological polar surface area (TPSA) is 95.7 Å². The van der Waals surface area contributed by atoms with Crippen LogP contribution in [0.25, 0.3) is 11.3 Å². The summed E-state index contributed by atoms with van der Waals surface area (Å²) in [5, 5.41) is 10.3. The van der Waals surface area contributed by atoms with E-state index in [-0.39, 0.29) is 11.6 Å². The van der Waals surface area contributed by atoms with Crippen molar-refractivity contribution in [2.24, 2.45) is 0 Å². The number of amides is 1. The number of carbonyl (C=O) groups excluding carboxylic acids is 1. The predicted octanol–water partition coefficient (Wildman–Crippen LogP) is 4.86. The molecule has 0 saturated carbocycles. The fourth-order valence-corrected chi connectivity index (χ4v) is 2.77. The van der Waals surface area contributed by atoms with E-state index >= 15 is 0 Å². The number of hydrogen-bond donors (Lipinski definition) is 1. The number of halogens is 1. The van der Waals surface area contributed by atoms with E-state index in [0.717, 1.165) is 12.8 Å². The van der Waals surface area contributed by atoms with Crippen LogP contribution in [0, 0.1) is 5.82 Å². The second kappa shape index (κ2) is 11.1. The Morgan fingerprint density at radius 3 is 2.47 bits per heavy atom. The molecular weight excluding hydrogens is 417 g/mol. The molecule has 0 spiro atoms. The number of para-hydroxylation sites is 1. The maximum absolute atomic E-state index is 13.8. The van der Waals surface area contributed by atoms with Gasteiger partial charge in [0, 0.05) is 5.56 Å². The highest BCUT2D eigenvalue weighted by Gasteiger charge is 2.22. The number of nitrogens with one attached hydrogen (secondary N) is 1. The van der Waals surface area contributed by atoms with Crippen LogP contribution in [-0.4, -0.2) is 35.5 Å². The first-order valence-corrected chi connectivity index (χ1v) is 10.5. The molecule has 170 valence electrons. The highest BCUT2D eigenvalue weighted by atomic mass is 19.1. The van der Waals surface area contributed by atoms with E-state index in [1.165, 1.54) is 25.1 Å². The van der Waals surface area contributed by atoms with Crippen LogP contribution in [0.2, 0.25) is 0 Å². The molecule has 0 aliphatic heterocycles. The first-order valence-electron chi connectivity index (χ1n) is 10.5. The SMILES string of the molecule is CCCOc1ccc(-c2nonc2NC(=O)[C@H](C)Oc2ccccc2F)cc1OCCC. The molecule has 2 aromatic carbocycles. The molecule has 32 heavy (non-hydrogen) atoms. The summed E-state index contributed by atoms with van der Waals surface area (Å²) in [5.41, 5.74) is 0.944. The molecule has 8 nitrogen and oxygen atoms in total. The molecule has 0 aliphatic carbocycles. The molecule has 0 unspecified atom stereocenters. The number of ether oxygens (including phenoxy) is 3. The van der Waals surface area contributed by atoms with Gasteiger partial charge in [0.25, 0.3) is 5.91 Å². The minimum atomic E-state index is -0.982. The van der Waals surface area contributed by atoms with Crippen LogP contribution in [0.1, 0.15) is 33.6 Å². The van der Waals surface area contributed by atoms with Crippen molar-refractivity contribution in [3.05, 3.63) is 48.3 Å². The first kappa shape index (κ1) is 23.1. The van der Waals surface area contributed by atoms with Gasteiger partial charge in [-0.15, -0.1) is 0 Å². The van der Waals surface area contributed by atoms with Gasteiger partial charge in [-0.2, -0.15) is 0 Å². The monoisotopic (exact) mass is 443 g/mol. The van der Waals surface area contributed by atoms with E-state index < -0.39 is 17.8 Å². The van der Waals surface area contributed by atoms with Gasteiger partial charge in [0.15, 0.2) is 34.9 Å². The number of carbonyl (C=O) groups is 1. The largest absolute Gasteiger partial charge is 0.490 e. The minimum Gasteiger partial charge on any atom is -0.490 e. The second-order valence-electron chi connectivity index (χ2n) is 7.00.